The highest BCUT2D eigenvalue weighted by Gasteiger charge is 2.62. The molecule has 5 nitrogen and oxygen atoms in total. The zero-order chi connectivity index (χ0) is 16.0. The van der Waals surface area contributed by atoms with Crippen molar-refractivity contribution in [3.8, 4) is 0 Å². The number of hydrogen-bond acceptors (Lipinski definition) is 6. The molecule has 0 bridgehead atoms. The summed E-state index contributed by atoms with van der Waals surface area (Å²) in [6, 6.07) is 2.09. The number of hydrogen-bond donors (Lipinski definition) is 2. The van der Waals surface area contributed by atoms with Crippen LogP contribution < -0.4 is 5.73 Å². The van der Waals surface area contributed by atoms with Gasteiger partial charge in [-0.05, 0) is 24.6 Å². The van der Waals surface area contributed by atoms with Gasteiger partial charge >= 0.3 is 12.1 Å². The molecule has 3 N–H and O–H groups in total. The first-order valence-corrected chi connectivity index (χ1v) is 6.47. The first-order chi connectivity index (χ1) is 9.61. The van der Waals surface area contributed by atoms with Crippen LogP contribution in [0.1, 0.15) is 11.1 Å². The standard InChI is InChI=1S/C12H11F3N2O3S/c1-5-3-6(4-7-8(5)17-10(16)21-7)11(19,9(18)20-2)12(13,14)15/h3-4,19H,1-2H3,(H2,16,17). The molecule has 0 aliphatic carbocycles. The number of esters is 1. The van der Waals surface area contributed by atoms with Gasteiger partial charge in [0.2, 0.25) is 0 Å². The highest BCUT2D eigenvalue weighted by atomic mass is 32.1. The van der Waals surface area contributed by atoms with Gasteiger partial charge in [-0.3, -0.25) is 0 Å². The van der Waals surface area contributed by atoms with Crippen molar-refractivity contribution in [1.29, 1.82) is 0 Å². The number of thiazole rings is 1. The van der Waals surface area contributed by atoms with E-state index in [2.05, 4.69) is 9.72 Å². The number of carbonyl (C=O) groups excluding carboxylic acids is 1. The van der Waals surface area contributed by atoms with Crippen LogP contribution in [-0.4, -0.2) is 29.3 Å². The van der Waals surface area contributed by atoms with E-state index >= 15 is 0 Å². The lowest BCUT2D eigenvalue weighted by molar-refractivity contribution is -0.266. The van der Waals surface area contributed by atoms with Crippen molar-refractivity contribution in [3.05, 3.63) is 23.3 Å². The van der Waals surface area contributed by atoms with Crippen molar-refractivity contribution >= 4 is 32.7 Å². The first-order valence-electron chi connectivity index (χ1n) is 5.66. The van der Waals surface area contributed by atoms with Gasteiger partial charge in [0.05, 0.1) is 17.3 Å². The fraction of sp³-hybridized carbons (Fsp3) is 0.333. The van der Waals surface area contributed by atoms with Crippen molar-refractivity contribution in [2.24, 2.45) is 0 Å². The number of ether oxygens (including phenoxy) is 1. The largest absolute Gasteiger partial charge is 0.466 e. The Hall–Kier alpha value is -1.87. The average molecular weight is 320 g/mol. The number of aliphatic hydroxyl groups is 1. The number of nitrogen functional groups attached to an aromatic ring is 1. The number of aromatic nitrogens is 1. The predicted molar refractivity (Wildman–Crippen MR) is 70.7 cm³/mol. The molecule has 2 rings (SSSR count). The molecule has 0 amide bonds. The minimum atomic E-state index is -5.23. The van der Waals surface area contributed by atoms with Gasteiger partial charge in [-0.25, -0.2) is 9.78 Å². The highest BCUT2D eigenvalue weighted by molar-refractivity contribution is 7.22. The molecule has 1 unspecified atom stereocenters. The summed E-state index contributed by atoms with van der Waals surface area (Å²) >= 11 is 0.963. The van der Waals surface area contributed by atoms with Crippen LogP contribution in [0.5, 0.6) is 0 Å². The van der Waals surface area contributed by atoms with E-state index in [1.165, 1.54) is 6.92 Å². The van der Waals surface area contributed by atoms with Crippen LogP contribution in [0, 0.1) is 6.92 Å². The smallest absolute Gasteiger partial charge is 0.432 e. The SMILES string of the molecule is COC(=O)C(O)(c1cc(C)c2nc(N)sc2c1)C(F)(F)F. The van der Waals surface area contributed by atoms with Crippen LogP contribution in [-0.2, 0) is 15.1 Å². The second-order valence-electron chi connectivity index (χ2n) is 4.39. The predicted octanol–water partition coefficient (Wildman–Crippen LogP) is 2.11. The van der Waals surface area contributed by atoms with Gasteiger partial charge in [-0.1, -0.05) is 11.3 Å². The van der Waals surface area contributed by atoms with Crippen molar-refractivity contribution in [2.75, 3.05) is 12.8 Å². The molecule has 0 aliphatic heterocycles. The van der Waals surface area contributed by atoms with Gasteiger partial charge in [0, 0.05) is 5.56 Å². The first kappa shape index (κ1) is 15.5. The number of benzene rings is 1. The van der Waals surface area contributed by atoms with Crippen LogP contribution in [0.3, 0.4) is 0 Å². The molecule has 1 heterocycles. The maximum absolute atomic E-state index is 13.2. The minimum absolute atomic E-state index is 0.180. The number of aryl methyl sites for hydroxylation is 1. The average Bonchev–Trinajstić information content (AvgIpc) is 2.76. The van der Waals surface area contributed by atoms with E-state index in [0.29, 0.717) is 15.8 Å². The molecule has 0 spiro atoms. The molecular formula is C12H11F3N2O3S. The van der Waals surface area contributed by atoms with Crippen molar-refractivity contribution in [1.82, 2.24) is 4.98 Å². The monoisotopic (exact) mass is 320 g/mol. The number of carbonyl (C=O) groups is 1. The number of nitrogens with two attached hydrogens (primary N) is 1. The zero-order valence-electron chi connectivity index (χ0n) is 11.0. The maximum atomic E-state index is 13.2. The molecule has 9 heteroatoms. The highest BCUT2D eigenvalue weighted by Crippen LogP contribution is 2.42. The Morgan fingerprint density at radius 3 is 2.57 bits per heavy atom. The van der Waals surface area contributed by atoms with Crippen molar-refractivity contribution < 1.29 is 27.8 Å². The summed E-state index contributed by atoms with van der Waals surface area (Å²) in [7, 11) is 0.773. The molecule has 0 saturated heterocycles. The molecule has 0 saturated carbocycles. The van der Waals surface area contributed by atoms with E-state index in [1.54, 1.807) is 0 Å². The topological polar surface area (TPSA) is 85.4 Å². The molecule has 21 heavy (non-hydrogen) atoms. The van der Waals surface area contributed by atoms with E-state index in [1.807, 2.05) is 0 Å². The fourth-order valence-corrected chi connectivity index (χ4v) is 2.82. The number of fused-ring (bicyclic) bond motifs is 1. The van der Waals surface area contributed by atoms with Gasteiger partial charge in [0.1, 0.15) is 0 Å². The van der Waals surface area contributed by atoms with Crippen LogP contribution in [0.4, 0.5) is 18.3 Å². The van der Waals surface area contributed by atoms with Crippen LogP contribution in [0.2, 0.25) is 0 Å². The summed E-state index contributed by atoms with van der Waals surface area (Å²) < 4.78 is 44.0. The lowest BCUT2D eigenvalue weighted by atomic mass is 9.91. The number of alkyl halides is 3. The summed E-state index contributed by atoms with van der Waals surface area (Å²) in [5.41, 5.74) is 1.95. The van der Waals surface area contributed by atoms with Crippen molar-refractivity contribution in [3.63, 3.8) is 0 Å². The lowest BCUT2D eigenvalue weighted by Gasteiger charge is -2.28. The van der Waals surface area contributed by atoms with E-state index < -0.39 is 23.3 Å². The van der Waals surface area contributed by atoms with Gasteiger partial charge in [-0.15, -0.1) is 0 Å². The van der Waals surface area contributed by atoms with Crippen LogP contribution >= 0.6 is 11.3 Å². The van der Waals surface area contributed by atoms with Gasteiger partial charge in [0.25, 0.3) is 5.60 Å². The Kier molecular flexibility index (Phi) is 3.58. The van der Waals surface area contributed by atoms with E-state index in [0.717, 1.165) is 30.6 Å². The van der Waals surface area contributed by atoms with Crippen LogP contribution in [0.25, 0.3) is 10.2 Å². The third-order valence-corrected chi connectivity index (χ3v) is 3.84. The van der Waals surface area contributed by atoms with Gasteiger partial charge in [0.15, 0.2) is 5.13 Å². The lowest BCUT2D eigenvalue weighted by Crippen LogP contribution is -2.49. The number of methoxy groups -OCH3 is 1. The second-order valence-corrected chi connectivity index (χ2v) is 5.45. The number of halogens is 3. The van der Waals surface area contributed by atoms with Gasteiger partial charge in [-0.2, -0.15) is 13.2 Å². The van der Waals surface area contributed by atoms with E-state index in [4.69, 9.17) is 5.73 Å². The Morgan fingerprint density at radius 2 is 2.05 bits per heavy atom. The second kappa shape index (κ2) is 4.85. The van der Waals surface area contributed by atoms with Gasteiger partial charge < -0.3 is 15.6 Å². The summed E-state index contributed by atoms with van der Waals surface area (Å²) in [4.78, 5) is 15.5. The zero-order valence-corrected chi connectivity index (χ0v) is 11.8. The minimum Gasteiger partial charge on any atom is -0.466 e. The molecule has 1 aromatic heterocycles. The van der Waals surface area contributed by atoms with E-state index in [9.17, 15) is 23.1 Å². The quantitative estimate of drug-likeness (QED) is 0.828. The Balaban J connectivity index is 2.74. The Labute approximate surface area is 121 Å². The Bertz CT molecular complexity index is 714. The summed E-state index contributed by atoms with van der Waals surface area (Å²) in [6.07, 6.45) is -5.23. The maximum Gasteiger partial charge on any atom is 0.432 e. The molecule has 0 aliphatic rings. The molecular weight excluding hydrogens is 309 g/mol. The third kappa shape index (κ3) is 2.32. The third-order valence-electron chi connectivity index (χ3n) is 3.01. The number of anilines is 1. The number of rotatable bonds is 2. The van der Waals surface area contributed by atoms with E-state index in [-0.39, 0.29) is 5.13 Å². The molecule has 1 atom stereocenters. The molecule has 1 aromatic carbocycles. The van der Waals surface area contributed by atoms with Crippen molar-refractivity contribution in [2.45, 2.75) is 18.7 Å². The molecule has 114 valence electrons. The Morgan fingerprint density at radius 1 is 1.43 bits per heavy atom. The molecule has 0 fully saturated rings. The summed E-state index contributed by atoms with van der Waals surface area (Å²) in [6.45, 7) is 1.51. The fourth-order valence-electron chi connectivity index (χ4n) is 1.97. The molecule has 2 aromatic rings. The normalized spacial score (nSPS) is 15.0. The summed E-state index contributed by atoms with van der Waals surface area (Å²) in [5, 5.41) is 10.1. The number of nitrogens with zero attached hydrogens (tertiary/aromatic N) is 1. The van der Waals surface area contributed by atoms with Crippen LogP contribution in [0.15, 0.2) is 12.1 Å². The summed E-state index contributed by atoms with van der Waals surface area (Å²) in [5.74, 6) is -1.80. The molecule has 0 radical (unpaired) electrons.